The summed E-state index contributed by atoms with van der Waals surface area (Å²) in [6.45, 7) is 25.0. The highest BCUT2D eigenvalue weighted by Crippen LogP contribution is 2.39. The molecular weight excluding hydrogens is 581 g/mol. The molecule has 0 aliphatic heterocycles. The average Bonchev–Trinajstić information content (AvgIpc) is 2.92. The lowest BCUT2D eigenvalue weighted by Crippen LogP contribution is -2.45. The van der Waals surface area contributed by atoms with E-state index in [9.17, 15) is 4.79 Å². The van der Waals surface area contributed by atoms with E-state index in [0.29, 0.717) is 45.1 Å². The lowest BCUT2D eigenvalue weighted by Gasteiger charge is -2.39. The fraction of sp³-hybridized carbons (Fsp3) is 0.649. The molecule has 0 bridgehead atoms. The molecule has 2 aromatic rings. The molecule has 248 valence electrons. The third kappa shape index (κ3) is 14.2. The van der Waals surface area contributed by atoms with Crippen molar-refractivity contribution in [2.24, 2.45) is 0 Å². The summed E-state index contributed by atoms with van der Waals surface area (Å²) in [7, 11) is -3.92. The molecule has 0 amide bonds. The molecular formula is C37H62O5Si2. The molecule has 1 unspecified atom stereocenters. The molecule has 0 aliphatic carbocycles. The van der Waals surface area contributed by atoms with Crippen LogP contribution in [-0.4, -0.2) is 47.8 Å². The molecule has 2 atom stereocenters. The second-order valence-corrected chi connectivity index (χ2v) is 24.8. The lowest BCUT2D eigenvalue weighted by molar-refractivity contribution is -0.119. The molecule has 0 aliphatic rings. The highest BCUT2D eigenvalue weighted by Gasteiger charge is 2.40. The van der Waals surface area contributed by atoms with Gasteiger partial charge in [0.15, 0.2) is 16.6 Å². The number of hydrogen-bond donors (Lipinski definition) is 0. The molecule has 0 N–H and O–H groups in total. The van der Waals surface area contributed by atoms with Gasteiger partial charge in [-0.1, -0.05) is 102 Å². The van der Waals surface area contributed by atoms with Crippen LogP contribution in [0.5, 0.6) is 0 Å². The molecule has 2 aromatic carbocycles. The van der Waals surface area contributed by atoms with E-state index in [1.807, 2.05) is 36.4 Å². The van der Waals surface area contributed by atoms with E-state index in [2.05, 4.69) is 92.0 Å². The predicted octanol–water partition coefficient (Wildman–Crippen LogP) is 10.1. The van der Waals surface area contributed by atoms with Crippen molar-refractivity contribution < 1.29 is 23.1 Å². The van der Waals surface area contributed by atoms with E-state index in [1.165, 1.54) is 0 Å². The van der Waals surface area contributed by atoms with Crippen LogP contribution in [0.25, 0.3) is 0 Å². The SMILES string of the molecule is CC(C)(C)[Si](C)(C)OC(CCCC(=O)CCC[C@H](COCc1ccccc1)O[Si](C)(C)C(C)(C)C)COCc1ccccc1. The molecule has 44 heavy (non-hydrogen) atoms. The first kappa shape index (κ1) is 38.6. The second kappa shape index (κ2) is 17.9. The summed E-state index contributed by atoms with van der Waals surface area (Å²) in [5.74, 6) is 0.317. The van der Waals surface area contributed by atoms with Crippen LogP contribution in [0.3, 0.4) is 0 Å². The topological polar surface area (TPSA) is 54.0 Å². The van der Waals surface area contributed by atoms with Crippen molar-refractivity contribution in [2.75, 3.05) is 13.2 Å². The van der Waals surface area contributed by atoms with Crippen molar-refractivity contribution in [3.8, 4) is 0 Å². The maximum atomic E-state index is 13.0. The predicted molar refractivity (Wildman–Crippen MR) is 189 cm³/mol. The number of carbonyl (C=O) groups is 1. The van der Waals surface area contributed by atoms with Crippen LogP contribution >= 0.6 is 0 Å². The van der Waals surface area contributed by atoms with E-state index >= 15 is 0 Å². The van der Waals surface area contributed by atoms with Crippen molar-refractivity contribution in [3.63, 3.8) is 0 Å². The third-order valence-electron chi connectivity index (χ3n) is 9.33. The minimum absolute atomic E-state index is 0.00321. The van der Waals surface area contributed by atoms with Gasteiger partial charge in [0, 0.05) is 12.8 Å². The largest absolute Gasteiger partial charge is 0.412 e. The Labute approximate surface area is 271 Å². The van der Waals surface area contributed by atoms with Gasteiger partial charge in [-0.2, -0.15) is 0 Å². The molecule has 0 saturated heterocycles. The van der Waals surface area contributed by atoms with Crippen molar-refractivity contribution >= 4 is 22.4 Å². The molecule has 0 radical (unpaired) electrons. The highest BCUT2D eigenvalue weighted by molar-refractivity contribution is 6.74. The van der Waals surface area contributed by atoms with Gasteiger partial charge in [0.05, 0.1) is 38.6 Å². The van der Waals surface area contributed by atoms with Crippen LogP contribution < -0.4 is 0 Å². The summed E-state index contributed by atoms with van der Waals surface area (Å²) in [4.78, 5) is 13.0. The smallest absolute Gasteiger partial charge is 0.192 e. The van der Waals surface area contributed by atoms with E-state index in [-0.39, 0.29) is 22.3 Å². The third-order valence-corrected chi connectivity index (χ3v) is 18.4. The summed E-state index contributed by atoms with van der Waals surface area (Å²) in [5, 5.41) is 0.239. The van der Waals surface area contributed by atoms with Gasteiger partial charge in [0.25, 0.3) is 0 Å². The van der Waals surface area contributed by atoms with Gasteiger partial charge < -0.3 is 18.3 Å². The van der Waals surface area contributed by atoms with Crippen LogP contribution in [0, 0.1) is 0 Å². The van der Waals surface area contributed by atoms with Crippen molar-refractivity contribution in [2.45, 2.75) is 142 Å². The van der Waals surface area contributed by atoms with Crippen molar-refractivity contribution in [3.05, 3.63) is 71.8 Å². The van der Waals surface area contributed by atoms with Crippen LogP contribution in [0.15, 0.2) is 60.7 Å². The molecule has 0 heterocycles. The normalized spacial score (nSPS) is 14.4. The van der Waals surface area contributed by atoms with Crippen LogP contribution in [0.4, 0.5) is 0 Å². The molecule has 0 fully saturated rings. The second-order valence-electron chi connectivity index (χ2n) is 15.3. The summed E-state index contributed by atoms with van der Waals surface area (Å²) >= 11 is 0. The zero-order valence-electron chi connectivity index (χ0n) is 29.5. The Bertz CT molecular complexity index is 989. The molecule has 5 nitrogen and oxygen atoms in total. The monoisotopic (exact) mass is 642 g/mol. The maximum Gasteiger partial charge on any atom is 0.192 e. The fourth-order valence-electron chi connectivity index (χ4n) is 4.48. The van der Waals surface area contributed by atoms with Crippen LogP contribution in [-0.2, 0) is 36.3 Å². The minimum atomic E-state index is -1.96. The lowest BCUT2D eigenvalue weighted by atomic mass is 10.0. The number of rotatable bonds is 20. The van der Waals surface area contributed by atoms with Gasteiger partial charge in [0.1, 0.15) is 5.78 Å². The highest BCUT2D eigenvalue weighted by atomic mass is 28.4. The Morgan fingerprint density at radius 3 is 1.27 bits per heavy atom. The first-order valence-corrected chi connectivity index (χ1v) is 22.4. The average molecular weight is 643 g/mol. The van der Waals surface area contributed by atoms with Gasteiger partial charge in [-0.3, -0.25) is 4.79 Å². The van der Waals surface area contributed by atoms with E-state index < -0.39 is 16.6 Å². The van der Waals surface area contributed by atoms with E-state index in [1.54, 1.807) is 0 Å². The summed E-state index contributed by atoms with van der Waals surface area (Å²) in [5.41, 5.74) is 2.32. The van der Waals surface area contributed by atoms with Crippen LogP contribution in [0.2, 0.25) is 36.3 Å². The van der Waals surface area contributed by atoms with Gasteiger partial charge in [-0.25, -0.2) is 0 Å². The Morgan fingerprint density at radius 2 is 0.955 bits per heavy atom. The van der Waals surface area contributed by atoms with Crippen molar-refractivity contribution in [1.82, 2.24) is 0 Å². The van der Waals surface area contributed by atoms with Gasteiger partial charge in [-0.15, -0.1) is 0 Å². The Balaban J connectivity index is 1.86. The van der Waals surface area contributed by atoms with Crippen LogP contribution in [0.1, 0.15) is 91.2 Å². The number of hydrogen-bond acceptors (Lipinski definition) is 5. The van der Waals surface area contributed by atoms with Gasteiger partial charge in [-0.05, 0) is 73.1 Å². The number of carbonyl (C=O) groups excluding carboxylic acids is 1. The standard InChI is InChI=1S/C37H62O5Si2/c1-36(2,3)43(7,8)41-34(29-39-27-31-19-13-11-14-20-31)25-17-23-33(38)24-18-26-35(42-44(9,10)37(4,5)6)30-40-28-32-21-15-12-16-22-32/h11-16,19-22,34-35H,17-18,23-30H2,1-10H3/t34-,35?/m1/s1. The van der Waals surface area contributed by atoms with Gasteiger partial charge >= 0.3 is 0 Å². The van der Waals surface area contributed by atoms with E-state index in [0.717, 1.165) is 36.8 Å². The number of benzene rings is 2. The zero-order valence-corrected chi connectivity index (χ0v) is 31.5. The maximum absolute atomic E-state index is 13.0. The Kier molecular flexibility index (Phi) is 15.7. The molecule has 7 heteroatoms. The summed E-state index contributed by atoms with van der Waals surface area (Å²) in [6, 6.07) is 20.5. The summed E-state index contributed by atoms with van der Waals surface area (Å²) < 4.78 is 25.7. The Morgan fingerprint density at radius 1 is 0.614 bits per heavy atom. The molecule has 0 aromatic heterocycles. The van der Waals surface area contributed by atoms with Crippen molar-refractivity contribution in [1.29, 1.82) is 0 Å². The molecule has 0 saturated carbocycles. The number of ether oxygens (including phenoxy) is 2. The number of ketones is 1. The fourth-order valence-corrected chi connectivity index (χ4v) is 7.23. The first-order valence-electron chi connectivity index (χ1n) is 16.6. The Hall–Kier alpha value is -1.62. The number of Topliss-reactive ketones (excluding diaryl/α,β-unsaturated/α-hetero) is 1. The quantitative estimate of drug-likeness (QED) is 0.135. The minimum Gasteiger partial charge on any atom is -0.412 e. The molecule has 2 rings (SSSR count). The zero-order chi connectivity index (χ0) is 32.9. The van der Waals surface area contributed by atoms with Gasteiger partial charge in [0.2, 0.25) is 0 Å². The summed E-state index contributed by atoms with van der Waals surface area (Å²) in [6.07, 6.45) is 4.44. The molecule has 0 spiro atoms. The first-order chi connectivity index (χ1) is 20.5. The van der Waals surface area contributed by atoms with E-state index in [4.69, 9.17) is 18.3 Å².